The van der Waals surface area contributed by atoms with E-state index >= 15 is 0 Å². The fraction of sp³-hybridized carbons (Fsp3) is 0.190. The zero-order valence-electron chi connectivity index (χ0n) is 15.4. The summed E-state index contributed by atoms with van der Waals surface area (Å²) in [5.41, 5.74) is 1.24. The van der Waals surface area contributed by atoms with Crippen molar-refractivity contribution in [3.8, 4) is 17.1 Å². The van der Waals surface area contributed by atoms with Crippen LogP contribution in [0.3, 0.4) is 0 Å². The lowest BCUT2D eigenvalue weighted by atomic mass is 10.2. The number of rotatable bonds is 8. The van der Waals surface area contributed by atoms with E-state index in [2.05, 4.69) is 10.3 Å². The second-order valence-electron chi connectivity index (χ2n) is 5.76. The standard InChI is InChI=1S/C21H20N2O5/c1-2-26-17-11-7-6-10-16(17)21(25)23-13-20(24)27-14-19-22-12-18(28-19)15-8-4-3-5-9-15/h3-12H,2,13-14H2,1H3,(H,23,25). The van der Waals surface area contributed by atoms with Crippen molar-refractivity contribution in [3.05, 3.63) is 72.2 Å². The number of hydrogen-bond acceptors (Lipinski definition) is 6. The van der Waals surface area contributed by atoms with Crippen LogP contribution in [0.1, 0.15) is 23.2 Å². The molecule has 1 heterocycles. The van der Waals surface area contributed by atoms with Crippen LogP contribution in [0.5, 0.6) is 5.75 Å². The number of carbonyl (C=O) groups is 2. The van der Waals surface area contributed by atoms with E-state index in [9.17, 15) is 9.59 Å². The van der Waals surface area contributed by atoms with Crippen molar-refractivity contribution in [2.75, 3.05) is 13.2 Å². The van der Waals surface area contributed by atoms with Crippen molar-refractivity contribution < 1.29 is 23.5 Å². The molecule has 7 heteroatoms. The number of hydrogen-bond donors (Lipinski definition) is 1. The maximum atomic E-state index is 12.2. The first-order valence-electron chi connectivity index (χ1n) is 8.83. The van der Waals surface area contributed by atoms with Crippen LogP contribution in [0.25, 0.3) is 11.3 Å². The Bertz CT molecular complexity index is 937. The first kappa shape index (κ1) is 19.2. The first-order chi connectivity index (χ1) is 13.7. The summed E-state index contributed by atoms with van der Waals surface area (Å²) in [5.74, 6) is 0.321. The van der Waals surface area contributed by atoms with Crippen molar-refractivity contribution in [1.29, 1.82) is 0 Å². The van der Waals surface area contributed by atoms with Gasteiger partial charge in [-0.05, 0) is 19.1 Å². The maximum absolute atomic E-state index is 12.2. The number of amides is 1. The monoisotopic (exact) mass is 380 g/mol. The van der Waals surface area contributed by atoms with E-state index in [0.717, 1.165) is 5.56 Å². The van der Waals surface area contributed by atoms with E-state index < -0.39 is 11.9 Å². The fourth-order valence-electron chi connectivity index (χ4n) is 2.49. The minimum atomic E-state index is -0.596. The molecule has 0 atom stereocenters. The molecule has 144 valence electrons. The summed E-state index contributed by atoms with van der Waals surface area (Å²) in [4.78, 5) is 28.2. The van der Waals surface area contributed by atoms with Gasteiger partial charge in [0.15, 0.2) is 12.4 Å². The third kappa shape index (κ3) is 4.97. The zero-order chi connectivity index (χ0) is 19.8. The van der Waals surface area contributed by atoms with Gasteiger partial charge in [0.05, 0.1) is 18.4 Å². The molecule has 1 aromatic heterocycles. The third-order valence-corrected chi connectivity index (χ3v) is 3.79. The highest BCUT2D eigenvalue weighted by atomic mass is 16.5. The molecular weight excluding hydrogens is 360 g/mol. The molecule has 0 aliphatic carbocycles. The maximum Gasteiger partial charge on any atom is 0.325 e. The van der Waals surface area contributed by atoms with Crippen LogP contribution in [-0.2, 0) is 16.1 Å². The normalized spacial score (nSPS) is 10.3. The van der Waals surface area contributed by atoms with Crippen LogP contribution in [0.4, 0.5) is 0 Å². The summed E-state index contributed by atoms with van der Waals surface area (Å²) in [6.45, 7) is 1.88. The number of nitrogens with zero attached hydrogens (tertiary/aromatic N) is 1. The highest BCUT2D eigenvalue weighted by molar-refractivity contribution is 5.98. The van der Waals surface area contributed by atoms with Crippen LogP contribution < -0.4 is 10.1 Å². The Hall–Kier alpha value is -3.61. The Balaban J connectivity index is 1.49. The topological polar surface area (TPSA) is 90.7 Å². The third-order valence-electron chi connectivity index (χ3n) is 3.79. The summed E-state index contributed by atoms with van der Waals surface area (Å²) in [5, 5.41) is 2.52. The van der Waals surface area contributed by atoms with Crippen LogP contribution in [0.15, 0.2) is 65.2 Å². The predicted molar refractivity (Wildman–Crippen MR) is 102 cm³/mol. The quantitative estimate of drug-likeness (QED) is 0.604. The number of nitrogens with one attached hydrogen (secondary N) is 1. The average molecular weight is 380 g/mol. The lowest BCUT2D eigenvalue weighted by molar-refractivity contribution is -0.144. The molecule has 1 N–H and O–H groups in total. The minimum absolute atomic E-state index is 0.114. The Morgan fingerprint density at radius 3 is 2.61 bits per heavy atom. The summed E-state index contributed by atoms with van der Waals surface area (Å²) in [7, 11) is 0. The van der Waals surface area contributed by atoms with Gasteiger partial charge < -0.3 is 19.2 Å². The average Bonchev–Trinajstić information content (AvgIpc) is 3.21. The summed E-state index contributed by atoms with van der Waals surface area (Å²) >= 11 is 0. The molecule has 28 heavy (non-hydrogen) atoms. The van der Waals surface area contributed by atoms with Crippen molar-refractivity contribution >= 4 is 11.9 Å². The van der Waals surface area contributed by atoms with Crippen LogP contribution in [0, 0.1) is 0 Å². The SMILES string of the molecule is CCOc1ccccc1C(=O)NCC(=O)OCc1ncc(-c2ccccc2)o1. The van der Waals surface area contributed by atoms with Gasteiger partial charge in [-0.15, -0.1) is 0 Å². The number of esters is 1. The Kier molecular flexibility index (Phi) is 6.41. The fourth-order valence-corrected chi connectivity index (χ4v) is 2.49. The highest BCUT2D eigenvalue weighted by Gasteiger charge is 2.14. The molecule has 0 unspecified atom stereocenters. The number of carbonyl (C=O) groups excluding carboxylic acids is 2. The molecule has 3 rings (SSSR count). The highest BCUT2D eigenvalue weighted by Crippen LogP contribution is 2.20. The van der Waals surface area contributed by atoms with Gasteiger partial charge in [-0.2, -0.15) is 0 Å². The minimum Gasteiger partial charge on any atom is -0.493 e. The van der Waals surface area contributed by atoms with Gasteiger partial charge >= 0.3 is 5.97 Å². The Morgan fingerprint density at radius 1 is 1.07 bits per heavy atom. The zero-order valence-corrected chi connectivity index (χ0v) is 15.4. The molecule has 0 radical (unpaired) electrons. The Morgan fingerprint density at radius 2 is 1.82 bits per heavy atom. The molecular formula is C21H20N2O5. The molecule has 0 spiro atoms. The predicted octanol–water partition coefficient (Wildman–Crippen LogP) is 3.21. The lowest BCUT2D eigenvalue weighted by Gasteiger charge is -2.10. The second-order valence-corrected chi connectivity index (χ2v) is 5.76. The smallest absolute Gasteiger partial charge is 0.325 e. The number of ether oxygens (including phenoxy) is 2. The number of aromatic nitrogens is 1. The van der Waals surface area contributed by atoms with Gasteiger partial charge in [0.1, 0.15) is 12.3 Å². The van der Waals surface area contributed by atoms with Gasteiger partial charge in [-0.1, -0.05) is 42.5 Å². The van der Waals surface area contributed by atoms with Gasteiger partial charge in [-0.3, -0.25) is 9.59 Å². The molecule has 0 saturated carbocycles. The van der Waals surface area contributed by atoms with Crippen LogP contribution in [0.2, 0.25) is 0 Å². The van der Waals surface area contributed by atoms with Gasteiger partial charge in [-0.25, -0.2) is 4.98 Å². The van der Waals surface area contributed by atoms with E-state index in [1.807, 2.05) is 37.3 Å². The van der Waals surface area contributed by atoms with Crippen molar-refractivity contribution in [2.24, 2.45) is 0 Å². The molecule has 2 aromatic carbocycles. The van der Waals surface area contributed by atoms with E-state index in [1.165, 1.54) is 0 Å². The molecule has 0 saturated heterocycles. The largest absolute Gasteiger partial charge is 0.493 e. The van der Waals surface area contributed by atoms with Gasteiger partial charge in [0, 0.05) is 5.56 Å². The second kappa shape index (κ2) is 9.36. The molecule has 0 aliphatic heterocycles. The number of benzene rings is 2. The Labute approximate surface area is 162 Å². The van der Waals surface area contributed by atoms with Crippen LogP contribution >= 0.6 is 0 Å². The molecule has 3 aromatic rings. The molecule has 1 amide bonds. The molecule has 0 bridgehead atoms. The molecule has 0 fully saturated rings. The van der Waals surface area contributed by atoms with Gasteiger partial charge in [0.2, 0.25) is 5.89 Å². The molecule has 7 nitrogen and oxygen atoms in total. The summed E-state index contributed by atoms with van der Waals surface area (Å²) in [6, 6.07) is 16.3. The van der Waals surface area contributed by atoms with E-state index in [4.69, 9.17) is 13.9 Å². The van der Waals surface area contributed by atoms with Gasteiger partial charge in [0.25, 0.3) is 5.91 Å². The van der Waals surface area contributed by atoms with Crippen molar-refractivity contribution in [3.63, 3.8) is 0 Å². The van der Waals surface area contributed by atoms with E-state index in [0.29, 0.717) is 23.7 Å². The van der Waals surface area contributed by atoms with E-state index in [-0.39, 0.29) is 19.0 Å². The lowest BCUT2D eigenvalue weighted by Crippen LogP contribution is -2.30. The summed E-state index contributed by atoms with van der Waals surface area (Å²) < 4.78 is 16.1. The number of para-hydroxylation sites is 1. The molecule has 0 aliphatic rings. The summed E-state index contributed by atoms with van der Waals surface area (Å²) in [6.07, 6.45) is 1.57. The number of oxazole rings is 1. The van der Waals surface area contributed by atoms with Crippen LogP contribution in [-0.4, -0.2) is 30.0 Å². The van der Waals surface area contributed by atoms with Crippen molar-refractivity contribution in [1.82, 2.24) is 10.3 Å². The van der Waals surface area contributed by atoms with Crippen molar-refractivity contribution in [2.45, 2.75) is 13.5 Å². The van der Waals surface area contributed by atoms with E-state index in [1.54, 1.807) is 30.5 Å². The first-order valence-corrected chi connectivity index (χ1v) is 8.83.